The van der Waals surface area contributed by atoms with Crippen LogP contribution >= 0.6 is 0 Å². The lowest BCUT2D eigenvalue weighted by atomic mass is 10.2. The number of rotatable bonds is 11. The number of carboxylic acids is 1. The molecule has 0 unspecified atom stereocenters. The van der Waals surface area contributed by atoms with Crippen molar-refractivity contribution < 1.29 is 27.9 Å². The van der Waals surface area contributed by atoms with E-state index in [0.717, 1.165) is 11.0 Å². The SMILES string of the molecule is C[C@@H](Oc1cc(N(C)C)ccc1S(=O)(=O)N[C@H](C=O)CC(=O)O)[C@H](C)n1cnc2ccccc21. The van der Waals surface area contributed by atoms with Gasteiger partial charge in [0.05, 0.1) is 35.9 Å². The quantitative estimate of drug-likeness (QED) is 0.394. The Bertz CT molecular complexity index is 1290. The van der Waals surface area contributed by atoms with Crippen molar-refractivity contribution in [2.24, 2.45) is 0 Å². The topological polar surface area (TPSA) is 131 Å². The van der Waals surface area contributed by atoms with Gasteiger partial charge in [0.15, 0.2) is 0 Å². The van der Waals surface area contributed by atoms with Crippen molar-refractivity contribution >= 4 is 39.0 Å². The van der Waals surface area contributed by atoms with Crippen LogP contribution in [0.2, 0.25) is 0 Å². The molecule has 0 saturated heterocycles. The number of carboxylic acid groups (broad SMARTS) is 1. The van der Waals surface area contributed by atoms with Gasteiger partial charge in [-0.25, -0.2) is 18.1 Å². The highest BCUT2D eigenvalue weighted by Gasteiger charge is 2.27. The summed E-state index contributed by atoms with van der Waals surface area (Å²) < 4.78 is 36.4. The van der Waals surface area contributed by atoms with Crippen molar-refractivity contribution in [1.82, 2.24) is 14.3 Å². The van der Waals surface area contributed by atoms with Gasteiger partial charge in [0.2, 0.25) is 10.0 Å². The molecular formula is C23H28N4O6S. The molecule has 2 N–H and O–H groups in total. The maximum atomic E-state index is 13.1. The summed E-state index contributed by atoms with van der Waals surface area (Å²) in [5.74, 6) is -1.21. The highest BCUT2D eigenvalue weighted by atomic mass is 32.2. The van der Waals surface area contributed by atoms with Crippen molar-refractivity contribution in [1.29, 1.82) is 0 Å². The molecule has 0 saturated carbocycles. The Hall–Kier alpha value is -3.44. The fourth-order valence-electron chi connectivity index (χ4n) is 3.49. The van der Waals surface area contributed by atoms with Gasteiger partial charge in [-0.15, -0.1) is 0 Å². The molecule has 10 nitrogen and oxygen atoms in total. The fraction of sp³-hybridized carbons (Fsp3) is 0.348. The van der Waals surface area contributed by atoms with Crippen molar-refractivity contribution in [3.8, 4) is 5.75 Å². The normalized spacial score (nSPS) is 14.4. The molecule has 0 bridgehead atoms. The molecule has 3 atom stereocenters. The number of aliphatic carboxylic acids is 1. The number of hydrogen-bond donors (Lipinski definition) is 2. The molecule has 0 aliphatic heterocycles. The minimum atomic E-state index is -4.26. The largest absolute Gasteiger partial charge is 0.487 e. The lowest BCUT2D eigenvalue weighted by Gasteiger charge is -2.26. The standard InChI is InChI=1S/C23H28N4O6S/c1-15(27-14-24-19-7-5-6-8-20(19)27)16(2)33-21-12-18(26(3)4)9-10-22(21)34(31,32)25-17(13-28)11-23(29)30/h5-10,12-17,25H,11H2,1-4H3,(H,29,30)/t15-,16+,17-/m0/s1. The van der Waals surface area contributed by atoms with Crippen LogP contribution in [0.15, 0.2) is 53.7 Å². The van der Waals surface area contributed by atoms with Crippen LogP contribution in [0.25, 0.3) is 11.0 Å². The molecule has 182 valence electrons. The molecule has 0 spiro atoms. The molecule has 1 aromatic heterocycles. The van der Waals surface area contributed by atoms with Crippen LogP contribution in [0.4, 0.5) is 5.69 Å². The molecular weight excluding hydrogens is 460 g/mol. The van der Waals surface area contributed by atoms with E-state index in [2.05, 4.69) is 9.71 Å². The van der Waals surface area contributed by atoms with E-state index in [1.54, 1.807) is 23.4 Å². The van der Waals surface area contributed by atoms with E-state index in [1.165, 1.54) is 6.07 Å². The predicted molar refractivity (Wildman–Crippen MR) is 128 cm³/mol. The summed E-state index contributed by atoms with van der Waals surface area (Å²) in [7, 11) is -0.637. The van der Waals surface area contributed by atoms with E-state index in [4.69, 9.17) is 9.84 Å². The van der Waals surface area contributed by atoms with Crippen LogP contribution < -0.4 is 14.4 Å². The number of aldehydes is 1. The summed E-state index contributed by atoms with van der Waals surface area (Å²) in [6.45, 7) is 3.76. The first kappa shape index (κ1) is 25.2. The van der Waals surface area contributed by atoms with Crippen molar-refractivity contribution in [2.45, 2.75) is 43.4 Å². The van der Waals surface area contributed by atoms with Crippen molar-refractivity contribution in [2.75, 3.05) is 19.0 Å². The van der Waals surface area contributed by atoms with Crippen molar-refractivity contribution in [3.05, 3.63) is 48.8 Å². The van der Waals surface area contributed by atoms with Gasteiger partial charge in [-0.2, -0.15) is 0 Å². The number of ether oxygens (including phenoxy) is 1. The van der Waals surface area contributed by atoms with E-state index in [-0.39, 0.29) is 23.0 Å². The van der Waals surface area contributed by atoms with E-state index in [9.17, 15) is 18.0 Å². The van der Waals surface area contributed by atoms with Gasteiger partial charge in [-0.3, -0.25) is 4.79 Å². The number of fused-ring (bicyclic) bond motifs is 1. The van der Waals surface area contributed by atoms with E-state index in [1.807, 2.05) is 56.8 Å². The Morgan fingerprint density at radius 3 is 2.59 bits per heavy atom. The number of hydrogen-bond acceptors (Lipinski definition) is 7. The number of anilines is 1. The number of carbonyl (C=O) groups excluding carboxylic acids is 1. The second-order valence-electron chi connectivity index (χ2n) is 8.19. The summed E-state index contributed by atoms with van der Waals surface area (Å²) >= 11 is 0. The summed E-state index contributed by atoms with van der Waals surface area (Å²) in [5.41, 5.74) is 2.46. The third-order valence-corrected chi connectivity index (χ3v) is 7.04. The molecule has 0 amide bonds. The predicted octanol–water partition coefficient (Wildman–Crippen LogP) is 2.45. The average molecular weight is 489 g/mol. The molecule has 3 rings (SSSR count). The molecule has 2 aromatic carbocycles. The molecule has 1 heterocycles. The highest BCUT2D eigenvalue weighted by Crippen LogP contribution is 2.32. The van der Waals surface area contributed by atoms with Gasteiger partial charge >= 0.3 is 5.97 Å². The summed E-state index contributed by atoms with van der Waals surface area (Å²) in [6, 6.07) is 10.6. The molecule has 0 fully saturated rings. The second-order valence-corrected chi connectivity index (χ2v) is 9.87. The van der Waals surface area contributed by atoms with Gasteiger partial charge in [0.1, 0.15) is 23.0 Å². The average Bonchev–Trinajstić information content (AvgIpc) is 3.21. The van der Waals surface area contributed by atoms with Gasteiger partial charge in [0, 0.05) is 25.8 Å². The Morgan fingerprint density at radius 1 is 1.24 bits per heavy atom. The Balaban J connectivity index is 1.95. The first-order valence-electron chi connectivity index (χ1n) is 10.6. The molecule has 34 heavy (non-hydrogen) atoms. The molecule has 3 aromatic rings. The number of nitrogens with zero attached hydrogens (tertiary/aromatic N) is 3. The zero-order chi connectivity index (χ0) is 25.0. The van der Waals surface area contributed by atoms with Crippen LogP contribution in [0.5, 0.6) is 5.75 Å². The maximum Gasteiger partial charge on any atom is 0.305 e. The van der Waals surface area contributed by atoms with E-state index >= 15 is 0 Å². The zero-order valence-electron chi connectivity index (χ0n) is 19.4. The van der Waals surface area contributed by atoms with Crippen LogP contribution in [0.1, 0.15) is 26.3 Å². The fourth-order valence-corrected chi connectivity index (χ4v) is 4.77. The van der Waals surface area contributed by atoms with Gasteiger partial charge in [0.25, 0.3) is 0 Å². The van der Waals surface area contributed by atoms with E-state index < -0.39 is 34.6 Å². The van der Waals surface area contributed by atoms with Gasteiger partial charge in [-0.05, 0) is 38.1 Å². The molecule has 0 aliphatic carbocycles. The van der Waals surface area contributed by atoms with Crippen LogP contribution in [0, 0.1) is 0 Å². The zero-order valence-corrected chi connectivity index (χ0v) is 20.2. The highest BCUT2D eigenvalue weighted by molar-refractivity contribution is 7.89. The number of para-hydroxylation sites is 2. The van der Waals surface area contributed by atoms with Crippen molar-refractivity contribution in [3.63, 3.8) is 0 Å². The minimum absolute atomic E-state index is 0.0856. The smallest absolute Gasteiger partial charge is 0.305 e. The first-order chi connectivity index (χ1) is 16.0. The second kappa shape index (κ2) is 10.2. The number of benzene rings is 2. The third-order valence-electron chi connectivity index (χ3n) is 5.51. The van der Waals surface area contributed by atoms with Crippen LogP contribution in [0.3, 0.4) is 0 Å². The Morgan fingerprint density at radius 2 is 1.94 bits per heavy atom. The minimum Gasteiger partial charge on any atom is -0.487 e. The van der Waals surface area contributed by atoms with Gasteiger partial charge in [-0.1, -0.05) is 12.1 Å². The number of sulfonamides is 1. The number of aromatic nitrogens is 2. The molecule has 0 aliphatic rings. The third kappa shape index (κ3) is 5.54. The summed E-state index contributed by atoms with van der Waals surface area (Å²) in [5, 5.41) is 8.95. The Labute approximate surface area is 198 Å². The monoisotopic (exact) mass is 488 g/mol. The van der Waals surface area contributed by atoms with E-state index in [0.29, 0.717) is 5.69 Å². The molecule has 0 radical (unpaired) electrons. The number of nitrogens with one attached hydrogen (secondary N) is 1. The number of carbonyl (C=O) groups is 2. The number of imidazole rings is 1. The summed E-state index contributed by atoms with van der Waals surface area (Å²) in [6.07, 6.45) is 0.834. The lowest BCUT2D eigenvalue weighted by molar-refractivity contribution is -0.138. The molecule has 11 heteroatoms. The van der Waals surface area contributed by atoms with Gasteiger partial charge < -0.3 is 24.1 Å². The maximum absolute atomic E-state index is 13.1. The first-order valence-corrected chi connectivity index (χ1v) is 12.1. The Kier molecular flexibility index (Phi) is 7.57. The van der Waals surface area contributed by atoms with Crippen LogP contribution in [-0.2, 0) is 19.6 Å². The van der Waals surface area contributed by atoms with Crippen LogP contribution in [-0.4, -0.2) is 61.6 Å². The summed E-state index contributed by atoms with van der Waals surface area (Å²) in [4.78, 5) is 28.2. The lowest BCUT2D eigenvalue weighted by Crippen LogP contribution is -2.38.